The number of ether oxygens (including phenoxy) is 1. The van der Waals surface area contributed by atoms with Crippen molar-refractivity contribution in [3.8, 4) is 5.75 Å². The third kappa shape index (κ3) is 6.65. The van der Waals surface area contributed by atoms with E-state index in [4.69, 9.17) is 10.5 Å². The highest BCUT2D eigenvalue weighted by molar-refractivity contribution is 5.80. The van der Waals surface area contributed by atoms with Crippen molar-refractivity contribution in [3.05, 3.63) is 24.3 Å². The number of anilines is 1. The van der Waals surface area contributed by atoms with E-state index < -0.39 is 0 Å². The van der Waals surface area contributed by atoms with Crippen LogP contribution in [-0.4, -0.2) is 31.0 Å². The first-order valence-corrected chi connectivity index (χ1v) is 7.06. The number of nitrogens with two attached hydrogens (primary N) is 1. The molecule has 1 aromatic rings. The summed E-state index contributed by atoms with van der Waals surface area (Å²) in [7, 11) is 0. The summed E-state index contributed by atoms with van der Waals surface area (Å²) in [5, 5.41) is 5.46. The van der Waals surface area contributed by atoms with E-state index in [1.807, 2.05) is 13.8 Å². The van der Waals surface area contributed by atoms with E-state index in [1.54, 1.807) is 24.3 Å². The Morgan fingerprint density at radius 3 is 2.67 bits per heavy atom. The average molecular weight is 293 g/mol. The SMILES string of the molecule is CCC(C)NC(=O)CCNC(=O)COc1ccccc1N. The van der Waals surface area contributed by atoms with Gasteiger partial charge in [0.15, 0.2) is 6.61 Å². The molecule has 0 radical (unpaired) electrons. The minimum atomic E-state index is -0.283. The number of amides is 2. The number of nitrogens with one attached hydrogen (secondary N) is 2. The van der Waals surface area contributed by atoms with Gasteiger partial charge < -0.3 is 21.1 Å². The van der Waals surface area contributed by atoms with Gasteiger partial charge in [0, 0.05) is 19.0 Å². The van der Waals surface area contributed by atoms with Crippen molar-refractivity contribution in [2.24, 2.45) is 0 Å². The monoisotopic (exact) mass is 293 g/mol. The second-order valence-corrected chi connectivity index (χ2v) is 4.80. The van der Waals surface area contributed by atoms with Crippen molar-refractivity contribution in [3.63, 3.8) is 0 Å². The first kappa shape index (κ1) is 16.8. The zero-order valence-electron chi connectivity index (χ0n) is 12.5. The molecule has 21 heavy (non-hydrogen) atoms. The van der Waals surface area contributed by atoms with Gasteiger partial charge in [0.2, 0.25) is 5.91 Å². The number of hydrogen-bond acceptors (Lipinski definition) is 4. The van der Waals surface area contributed by atoms with Gasteiger partial charge in [0.25, 0.3) is 5.91 Å². The predicted octanol–water partition coefficient (Wildman–Crippen LogP) is 1.07. The molecule has 0 spiro atoms. The maximum absolute atomic E-state index is 11.6. The van der Waals surface area contributed by atoms with Crippen molar-refractivity contribution in [2.75, 3.05) is 18.9 Å². The Balaban J connectivity index is 2.20. The van der Waals surface area contributed by atoms with Crippen molar-refractivity contribution in [1.82, 2.24) is 10.6 Å². The Hall–Kier alpha value is -2.24. The van der Waals surface area contributed by atoms with Crippen LogP contribution >= 0.6 is 0 Å². The smallest absolute Gasteiger partial charge is 0.257 e. The first-order chi connectivity index (χ1) is 10.0. The summed E-state index contributed by atoms with van der Waals surface area (Å²) in [6.07, 6.45) is 1.13. The summed E-state index contributed by atoms with van der Waals surface area (Å²) in [5.41, 5.74) is 6.18. The molecular formula is C15H23N3O3. The summed E-state index contributed by atoms with van der Waals surface area (Å²) >= 11 is 0. The Labute approximate surface area is 125 Å². The van der Waals surface area contributed by atoms with Gasteiger partial charge in [-0.1, -0.05) is 19.1 Å². The van der Waals surface area contributed by atoms with E-state index in [0.717, 1.165) is 6.42 Å². The molecule has 1 rings (SSSR count). The number of carbonyl (C=O) groups is 2. The van der Waals surface area contributed by atoms with Crippen LogP contribution in [0.5, 0.6) is 5.75 Å². The van der Waals surface area contributed by atoms with E-state index in [2.05, 4.69) is 10.6 Å². The number of benzene rings is 1. The van der Waals surface area contributed by atoms with Gasteiger partial charge in [-0.3, -0.25) is 9.59 Å². The zero-order valence-corrected chi connectivity index (χ0v) is 12.5. The zero-order chi connectivity index (χ0) is 15.7. The average Bonchev–Trinajstić information content (AvgIpc) is 2.46. The fraction of sp³-hybridized carbons (Fsp3) is 0.467. The Bertz CT molecular complexity index is 477. The Kier molecular flexibility index (Phi) is 7.08. The largest absolute Gasteiger partial charge is 0.482 e. The van der Waals surface area contributed by atoms with Crippen molar-refractivity contribution < 1.29 is 14.3 Å². The molecule has 0 aliphatic heterocycles. The van der Waals surface area contributed by atoms with Crippen LogP contribution in [0.4, 0.5) is 5.69 Å². The van der Waals surface area contributed by atoms with Gasteiger partial charge in [-0.25, -0.2) is 0 Å². The molecule has 4 N–H and O–H groups in total. The normalized spacial score (nSPS) is 11.5. The quantitative estimate of drug-likeness (QED) is 0.625. The fourth-order valence-corrected chi connectivity index (χ4v) is 1.57. The van der Waals surface area contributed by atoms with Crippen LogP contribution < -0.4 is 21.1 Å². The summed E-state index contributed by atoms with van der Waals surface area (Å²) in [6.45, 7) is 4.10. The van der Waals surface area contributed by atoms with Crippen LogP contribution in [0.1, 0.15) is 26.7 Å². The van der Waals surface area contributed by atoms with Crippen LogP contribution in [0, 0.1) is 0 Å². The Morgan fingerprint density at radius 2 is 2.00 bits per heavy atom. The third-order valence-electron chi connectivity index (χ3n) is 2.97. The van der Waals surface area contributed by atoms with Gasteiger partial charge in [-0.15, -0.1) is 0 Å². The molecule has 0 aliphatic rings. The van der Waals surface area contributed by atoms with Crippen LogP contribution in [0.25, 0.3) is 0 Å². The molecule has 0 aromatic heterocycles. The highest BCUT2D eigenvalue weighted by Gasteiger charge is 2.07. The third-order valence-corrected chi connectivity index (χ3v) is 2.97. The molecule has 0 heterocycles. The van der Waals surface area contributed by atoms with Gasteiger partial charge in [-0.05, 0) is 25.5 Å². The molecule has 1 unspecified atom stereocenters. The molecule has 2 amide bonds. The topological polar surface area (TPSA) is 93.5 Å². The number of rotatable bonds is 8. The lowest BCUT2D eigenvalue weighted by atomic mass is 10.2. The van der Waals surface area contributed by atoms with Crippen LogP contribution in [0.2, 0.25) is 0 Å². The van der Waals surface area contributed by atoms with Crippen molar-refractivity contribution in [2.45, 2.75) is 32.7 Å². The molecule has 0 aliphatic carbocycles. The number of hydrogen-bond donors (Lipinski definition) is 3. The molecule has 0 bridgehead atoms. The molecule has 6 nitrogen and oxygen atoms in total. The standard InChI is InChI=1S/C15H23N3O3/c1-3-11(2)18-14(19)8-9-17-15(20)10-21-13-7-5-4-6-12(13)16/h4-7,11H,3,8-10,16H2,1-2H3,(H,17,20)(H,18,19). The van der Waals surface area contributed by atoms with E-state index >= 15 is 0 Å². The van der Waals surface area contributed by atoms with Gasteiger partial charge in [0.1, 0.15) is 5.75 Å². The summed E-state index contributed by atoms with van der Waals surface area (Å²) in [6, 6.07) is 7.12. The molecular weight excluding hydrogens is 270 g/mol. The van der Waals surface area contributed by atoms with Gasteiger partial charge in [0.05, 0.1) is 5.69 Å². The molecule has 1 aromatic carbocycles. The van der Waals surface area contributed by atoms with Gasteiger partial charge in [-0.2, -0.15) is 0 Å². The summed E-state index contributed by atoms with van der Waals surface area (Å²) < 4.78 is 5.30. The summed E-state index contributed by atoms with van der Waals surface area (Å²) in [5.74, 6) is 0.120. The molecule has 6 heteroatoms. The number of nitrogen functional groups attached to an aromatic ring is 1. The minimum absolute atomic E-state index is 0.0714. The molecule has 1 atom stereocenters. The number of para-hydroxylation sites is 2. The Morgan fingerprint density at radius 1 is 1.29 bits per heavy atom. The van der Waals surface area contributed by atoms with Crippen LogP contribution in [0.3, 0.4) is 0 Å². The minimum Gasteiger partial charge on any atom is -0.482 e. The lowest BCUT2D eigenvalue weighted by molar-refractivity contribution is -0.123. The second kappa shape index (κ2) is 8.84. The van der Waals surface area contributed by atoms with Crippen LogP contribution in [0.15, 0.2) is 24.3 Å². The van der Waals surface area contributed by atoms with Crippen molar-refractivity contribution >= 4 is 17.5 Å². The maximum atomic E-state index is 11.6. The number of carbonyl (C=O) groups excluding carboxylic acids is 2. The molecule has 0 saturated carbocycles. The maximum Gasteiger partial charge on any atom is 0.257 e. The highest BCUT2D eigenvalue weighted by Crippen LogP contribution is 2.19. The van der Waals surface area contributed by atoms with Crippen LogP contribution in [-0.2, 0) is 9.59 Å². The van der Waals surface area contributed by atoms with E-state index in [-0.39, 0.29) is 37.4 Å². The first-order valence-electron chi connectivity index (χ1n) is 7.06. The summed E-state index contributed by atoms with van der Waals surface area (Å²) in [4.78, 5) is 23.1. The van der Waals surface area contributed by atoms with E-state index in [1.165, 1.54) is 0 Å². The lowest BCUT2D eigenvalue weighted by Gasteiger charge is -2.12. The molecule has 116 valence electrons. The second-order valence-electron chi connectivity index (χ2n) is 4.80. The van der Waals surface area contributed by atoms with Gasteiger partial charge >= 0.3 is 0 Å². The highest BCUT2D eigenvalue weighted by atomic mass is 16.5. The van der Waals surface area contributed by atoms with Crippen molar-refractivity contribution in [1.29, 1.82) is 0 Å². The molecule has 0 saturated heterocycles. The lowest BCUT2D eigenvalue weighted by Crippen LogP contribution is -2.36. The van der Waals surface area contributed by atoms with E-state index in [0.29, 0.717) is 11.4 Å². The molecule has 0 fully saturated rings. The predicted molar refractivity (Wildman–Crippen MR) is 81.9 cm³/mol. The van der Waals surface area contributed by atoms with E-state index in [9.17, 15) is 9.59 Å². The fourth-order valence-electron chi connectivity index (χ4n) is 1.57.